The number of nitrogens with zero attached hydrogens (tertiary/aromatic N) is 5. The molecule has 120 valence electrons. The first-order chi connectivity index (χ1) is 10.7. The zero-order valence-electron chi connectivity index (χ0n) is 12.3. The maximum Gasteiger partial charge on any atom is 0.257 e. The molecule has 1 N–H and O–H groups in total. The van der Waals surface area contributed by atoms with Gasteiger partial charge in [-0.2, -0.15) is 10.2 Å². The summed E-state index contributed by atoms with van der Waals surface area (Å²) in [5.41, 5.74) is 2.18. The molecule has 2 aromatic heterocycles. The Bertz CT molecular complexity index is 594. The molecule has 0 saturated heterocycles. The van der Waals surface area contributed by atoms with Gasteiger partial charge in [0, 0.05) is 50.7 Å². The molecule has 1 aliphatic heterocycles. The topological polar surface area (TPSA) is 50.9 Å². The van der Waals surface area contributed by atoms with Crippen molar-refractivity contribution in [2.75, 3.05) is 19.6 Å². The van der Waals surface area contributed by atoms with E-state index in [1.165, 1.54) is 10.4 Å². The van der Waals surface area contributed by atoms with Gasteiger partial charge in [0.05, 0.1) is 18.4 Å². The smallest absolute Gasteiger partial charge is 0.257 e. The number of rotatable bonds is 7. The van der Waals surface area contributed by atoms with Crippen LogP contribution in [0.4, 0.5) is 8.78 Å². The minimum absolute atomic E-state index is 0.346. The van der Waals surface area contributed by atoms with E-state index in [1.807, 2.05) is 10.9 Å². The fraction of sp³-hybridized carbons (Fsp3) is 0.571. The van der Waals surface area contributed by atoms with Crippen molar-refractivity contribution in [1.82, 2.24) is 29.8 Å². The maximum absolute atomic E-state index is 12.2. The van der Waals surface area contributed by atoms with Crippen LogP contribution in [0.5, 0.6) is 0 Å². The van der Waals surface area contributed by atoms with E-state index in [1.54, 1.807) is 12.4 Å². The molecule has 0 radical (unpaired) electrons. The molecule has 6 nitrogen and oxygen atoms in total. The molecule has 2 aromatic rings. The Morgan fingerprint density at radius 3 is 3.05 bits per heavy atom. The monoisotopic (exact) mass is 310 g/mol. The summed E-state index contributed by atoms with van der Waals surface area (Å²) in [5, 5.41) is 11.5. The van der Waals surface area contributed by atoms with Crippen molar-refractivity contribution in [3.05, 3.63) is 35.9 Å². The molecular formula is C14H20F2N6. The van der Waals surface area contributed by atoms with E-state index < -0.39 is 6.43 Å². The second-order valence-corrected chi connectivity index (χ2v) is 5.46. The van der Waals surface area contributed by atoms with Gasteiger partial charge in [-0.3, -0.25) is 14.3 Å². The number of hydrogen-bond acceptors (Lipinski definition) is 4. The van der Waals surface area contributed by atoms with E-state index in [-0.39, 0.29) is 6.54 Å². The van der Waals surface area contributed by atoms with Crippen molar-refractivity contribution >= 4 is 0 Å². The van der Waals surface area contributed by atoms with Crippen LogP contribution >= 0.6 is 0 Å². The molecule has 0 atom stereocenters. The molecule has 3 rings (SSSR count). The van der Waals surface area contributed by atoms with Crippen LogP contribution in [-0.4, -0.2) is 50.5 Å². The lowest BCUT2D eigenvalue weighted by Gasteiger charge is -2.27. The molecule has 0 bridgehead atoms. The van der Waals surface area contributed by atoms with Crippen LogP contribution in [0.2, 0.25) is 0 Å². The van der Waals surface area contributed by atoms with Gasteiger partial charge in [-0.05, 0) is 6.07 Å². The number of nitrogens with one attached hydrogen (secondary N) is 1. The summed E-state index contributed by atoms with van der Waals surface area (Å²) in [6.45, 7) is 4.97. The lowest BCUT2D eigenvalue weighted by Crippen LogP contribution is -2.38. The van der Waals surface area contributed by atoms with Gasteiger partial charge >= 0.3 is 0 Å². The molecule has 0 fully saturated rings. The summed E-state index contributed by atoms with van der Waals surface area (Å²) in [6.07, 6.45) is 2.77. The molecule has 0 aliphatic carbocycles. The van der Waals surface area contributed by atoms with E-state index in [4.69, 9.17) is 0 Å². The standard InChI is InChI=1S/C14H20F2N6/c15-14(16)11-21-9-12(8-19-21)7-17-3-4-20-5-6-22-13(10-20)1-2-18-22/h1-2,8-9,14,17H,3-7,10-11H2. The average molecular weight is 310 g/mol. The van der Waals surface area contributed by atoms with Crippen LogP contribution in [0.3, 0.4) is 0 Å². The molecule has 0 saturated carbocycles. The predicted octanol–water partition coefficient (Wildman–Crippen LogP) is 0.950. The number of aromatic nitrogens is 4. The Morgan fingerprint density at radius 1 is 1.27 bits per heavy atom. The molecular weight excluding hydrogens is 290 g/mol. The van der Waals surface area contributed by atoms with Crippen LogP contribution in [0.25, 0.3) is 0 Å². The average Bonchev–Trinajstić information content (AvgIpc) is 3.11. The number of fused-ring (bicyclic) bond motifs is 1. The van der Waals surface area contributed by atoms with Crippen LogP contribution in [0.1, 0.15) is 11.3 Å². The fourth-order valence-corrected chi connectivity index (χ4v) is 2.64. The van der Waals surface area contributed by atoms with Crippen LogP contribution in [-0.2, 0) is 26.2 Å². The zero-order chi connectivity index (χ0) is 15.4. The molecule has 3 heterocycles. The second-order valence-electron chi connectivity index (χ2n) is 5.46. The van der Waals surface area contributed by atoms with Crippen molar-refractivity contribution in [2.24, 2.45) is 0 Å². The van der Waals surface area contributed by atoms with Gasteiger partial charge in [0.2, 0.25) is 0 Å². The molecule has 8 heteroatoms. The maximum atomic E-state index is 12.2. The highest BCUT2D eigenvalue weighted by Gasteiger charge is 2.15. The third-order valence-corrected chi connectivity index (χ3v) is 3.76. The first-order valence-electron chi connectivity index (χ1n) is 7.44. The van der Waals surface area contributed by atoms with Gasteiger partial charge in [-0.1, -0.05) is 0 Å². The van der Waals surface area contributed by atoms with Crippen molar-refractivity contribution < 1.29 is 8.78 Å². The summed E-state index contributed by atoms with van der Waals surface area (Å²) < 4.78 is 27.8. The fourth-order valence-electron chi connectivity index (χ4n) is 2.64. The summed E-state index contributed by atoms with van der Waals surface area (Å²) in [4.78, 5) is 2.38. The summed E-state index contributed by atoms with van der Waals surface area (Å²) in [7, 11) is 0. The molecule has 0 unspecified atom stereocenters. The predicted molar refractivity (Wildman–Crippen MR) is 77.4 cm³/mol. The van der Waals surface area contributed by atoms with Crippen LogP contribution < -0.4 is 5.32 Å². The summed E-state index contributed by atoms with van der Waals surface area (Å²) in [5.74, 6) is 0. The largest absolute Gasteiger partial charge is 0.311 e. The van der Waals surface area contributed by atoms with E-state index in [0.717, 1.165) is 38.3 Å². The highest BCUT2D eigenvalue weighted by molar-refractivity contribution is 5.04. The molecule has 0 amide bonds. The highest BCUT2D eigenvalue weighted by atomic mass is 19.3. The van der Waals surface area contributed by atoms with Crippen LogP contribution in [0, 0.1) is 0 Å². The normalized spacial score (nSPS) is 15.4. The Balaban J connectivity index is 1.36. The van der Waals surface area contributed by atoms with E-state index in [2.05, 4.69) is 26.5 Å². The minimum Gasteiger partial charge on any atom is -0.311 e. The Kier molecular flexibility index (Phi) is 4.79. The zero-order valence-corrected chi connectivity index (χ0v) is 12.3. The lowest BCUT2D eigenvalue weighted by atomic mass is 10.3. The summed E-state index contributed by atoms with van der Waals surface area (Å²) >= 11 is 0. The second kappa shape index (κ2) is 6.97. The van der Waals surface area contributed by atoms with Crippen molar-refractivity contribution in [3.63, 3.8) is 0 Å². The number of alkyl halides is 2. The van der Waals surface area contributed by atoms with Gasteiger partial charge in [0.25, 0.3) is 6.43 Å². The van der Waals surface area contributed by atoms with E-state index >= 15 is 0 Å². The van der Waals surface area contributed by atoms with Gasteiger partial charge in [-0.25, -0.2) is 8.78 Å². The molecule has 22 heavy (non-hydrogen) atoms. The van der Waals surface area contributed by atoms with Crippen molar-refractivity contribution in [1.29, 1.82) is 0 Å². The Hall–Kier alpha value is -1.80. The first-order valence-corrected chi connectivity index (χ1v) is 7.44. The number of halogens is 2. The van der Waals surface area contributed by atoms with Gasteiger partial charge in [0.1, 0.15) is 6.54 Å². The van der Waals surface area contributed by atoms with Crippen molar-refractivity contribution in [2.45, 2.75) is 32.6 Å². The molecule has 1 aliphatic rings. The highest BCUT2D eigenvalue weighted by Crippen LogP contribution is 2.10. The van der Waals surface area contributed by atoms with Gasteiger partial charge < -0.3 is 5.32 Å². The third kappa shape index (κ3) is 3.89. The minimum atomic E-state index is -2.37. The Labute approximate surface area is 127 Å². The SMILES string of the molecule is FC(F)Cn1cc(CNCCN2CCn3nccc3C2)cn1. The van der Waals surface area contributed by atoms with Gasteiger partial charge in [0.15, 0.2) is 0 Å². The first kappa shape index (κ1) is 15.1. The number of hydrogen-bond donors (Lipinski definition) is 1. The van der Waals surface area contributed by atoms with E-state index in [0.29, 0.717) is 6.54 Å². The van der Waals surface area contributed by atoms with Gasteiger partial charge in [-0.15, -0.1) is 0 Å². The lowest BCUT2D eigenvalue weighted by molar-refractivity contribution is 0.122. The van der Waals surface area contributed by atoms with E-state index in [9.17, 15) is 8.78 Å². The molecule has 0 aromatic carbocycles. The van der Waals surface area contributed by atoms with Crippen LogP contribution in [0.15, 0.2) is 24.7 Å². The third-order valence-electron chi connectivity index (χ3n) is 3.76. The Morgan fingerprint density at radius 2 is 2.18 bits per heavy atom. The summed E-state index contributed by atoms with van der Waals surface area (Å²) in [6, 6.07) is 2.05. The van der Waals surface area contributed by atoms with Crippen molar-refractivity contribution in [3.8, 4) is 0 Å². The quantitative estimate of drug-likeness (QED) is 0.774. The molecule has 0 spiro atoms.